The van der Waals surface area contributed by atoms with E-state index in [2.05, 4.69) is 10.6 Å². The molecule has 4 aliphatic carbocycles. The molecule has 4 saturated carbocycles. The number of hydrogen-bond acceptors (Lipinski definition) is 2. The van der Waals surface area contributed by atoms with Crippen molar-refractivity contribution in [3.05, 3.63) is 0 Å². The lowest BCUT2D eigenvalue weighted by Gasteiger charge is -2.55. The Bertz CT molecular complexity index is 287. The second-order valence-electron chi connectivity index (χ2n) is 6.46. The van der Waals surface area contributed by atoms with Crippen molar-refractivity contribution in [3.8, 4) is 0 Å². The van der Waals surface area contributed by atoms with Crippen LogP contribution in [0.5, 0.6) is 0 Å². The van der Waals surface area contributed by atoms with Gasteiger partial charge >= 0.3 is 0 Å². The summed E-state index contributed by atoms with van der Waals surface area (Å²) in [5.74, 6) is 3.83. The van der Waals surface area contributed by atoms with E-state index in [9.17, 15) is 4.79 Å². The van der Waals surface area contributed by atoms with Crippen LogP contribution in [0.2, 0.25) is 0 Å². The van der Waals surface area contributed by atoms with Gasteiger partial charge in [-0.2, -0.15) is 0 Å². The molecule has 0 radical (unpaired) electrons. The van der Waals surface area contributed by atoms with E-state index in [1.54, 1.807) is 7.05 Å². The molecule has 1 amide bonds. The molecule has 1 atom stereocenters. The summed E-state index contributed by atoms with van der Waals surface area (Å²) >= 11 is 0. The number of likely N-dealkylation sites (N-methyl/N-ethyl adjacent to an activating group) is 1. The summed E-state index contributed by atoms with van der Waals surface area (Å²) in [5.41, 5.74) is 0. The number of nitrogens with one attached hydrogen (secondary N) is 2. The van der Waals surface area contributed by atoms with Gasteiger partial charge in [-0.1, -0.05) is 0 Å². The fraction of sp³-hybridized carbons (Fsp3) is 0.929. The molecule has 17 heavy (non-hydrogen) atoms. The second kappa shape index (κ2) is 4.27. The average Bonchev–Trinajstić information content (AvgIpc) is 2.31. The lowest BCUT2D eigenvalue weighted by Crippen LogP contribution is -2.58. The van der Waals surface area contributed by atoms with E-state index in [1.165, 1.54) is 32.1 Å². The minimum absolute atomic E-state index is 0.0393. The first-order chi connectivity index (χ1) is 8.17. The van der Waals surface area contributed by atoms with Crippen molar-refractivity contribution >= 4 is 5.91 Å². The van der Waals surface area contributed by atoms with Gasteiger partial charge < -0.3 is 10.6 Å². The molecular weight excluding hydrogens is 212 g/mol. The van der Waals surface area contributed by atoms with Crippen LogP contribution < -0.4 is 10.6 Å². The highest BCUT2D eigenvalue weighted by atomic mass is 16.2. The Morgan fingerprint density at radius 3 is 2.06 bits per heavy atom. The summed E-state index contributed by atoms with van der Waals surface area (Å²) in [4.78, 5) is 11.6. The van der Waals surface area contributed by atoms with Gasteiger partial charge in [-0.3, -0.25) is 4.79 Å². The van der Waals surface area contributed by atoms with Gasteiger partial charge in [0.1, 0.15) is 0 Å². The molecule has 4 fully saturated rings. The molecule has 4 bridgehead atoms. The summed E-state index contributed by atoms with van der Waals surface area (Å²) < 4.78 is 0. The van der Waals surface area contributed by atoms with E-state index in [4.69, 9.17) is 0 Å². The van der Waals surface area contributed by atoms with Crippen molar-refractivity contribution in [1.29, 1.82) is 0 Å². The molecule has 4 rings (SSSR count). The Kier molecular flexibility index (Phi) is 2.89. The van der Waals surface area contributed by atoms with Gasteiger partial charge in [0.05, 0.1) is 6.04 Å². The first-order valence-corrected chi connectivity index (χ1v) is 7.15. The van der Waals surface area contributed by atoms with Crippen LogP contribution in [0, 0.1) is 23.7 Å². The van der Waals surface area contributed by atoms with Crippen LogP contribution >= 0.6 is 0 Å². The highest BCUT2D eigenvalue weighted by molar-refractivity contribution is 5.80. The predicted octanol–water partition coefficient (Wildman–Crippen LogP) is 1.54. The van der Waals surface area contributed by atoms with Crippen molar-refractivity contribution in [3.63, 3.8) is 0 Å². The van der Waals surface area contributed by atoms with Crippen molar-refractivity contribution in [2.75, 3.05) is 7.05 Å². The maximum absolute atomic E-state index is 11.6. The summed E-state index contributed by atoms with van der Waals surface area (Å²) in [6.45, 7) is 1.99. The number of carbonyl (C=O) groups is 1. The maximum Gasteiger partial charge on any atom is 0.236 e. The van der Waals surface area contributed by atoms with Crippen LogP contribution in [0.3, 0.4) is 0 Å². The fourth-order valence-electron chi connectivity index (χ4n) is 4.78. The van der Waals surface area contributed by atoms with Gasteiger partial charge in [-0.15, -0.1) is 0 Å². The third-order valence-electron chi connectivity index (χ3n) is 5.31. The van der Waals surface area contributed by atoms with Crippen LogP contribution in [0.4, 0.5) is 0 Å². The molecule has 96 valence electrons. The van der Waals surface area contributed by atoms with Gasteiger partial charge in [0.2, 0.25) is 5.91 Å². The van der Waals surface area contributed by atoms with Crippen molar-refractivity contribution in [1.82, 2.24) is 10.6 Å². The molecule has 0 saturated heterocycles. The Morgan fingerprint density at radius 1 is 1.06 bits per heavy atom. The molecular formula is C14H24N2O. The van der Waals surface area contributed by atoms with E-state index >= 15 is 0 Å². The Morgan fingerprint density at radius 2 is 1.59 bits per heavy atom. The molecule has 0 unspecified atom stereocenters. The highest BCUT2D eigenvalue weighted by Gasteiger charge is 2.48. The zero-order chi connectivity index (χ0) is 12.0. The smallest absolute Gasteiger partial charge is 0.236 e. The van der Waals surface area contributed by atoms with E-state index in [1.807, 2.05) is 6.92 Å². The molecule has 0 aliphatic heterocycles. The monoisotopic (exact) mass is 236 g/mol. The molecule has 3 heteroatoms. The molecule has 2 N–H and O–H groups in total. The second-order valence-corrected chi connectivity index (χ2v) is 6.46. The number of amides is 1. The topological polar surface area (TPSA) is 41.1 Å². The van der Waals surface area contributed by atoms with Gasteiger partial charge in [-0.25, -0.2) is 0 Å². The summed E-state index contributed by atoms with van der Waals surface area (Å²) in [5, 5.41) is 6.34. The molecule has 0 heterocycles. The van der Waals surface area contributed by atoms with Crippen LogP contribution in [-0.4, -0.2) is 25.0 Å². The third-order valence-corrected chi connectivity index (χ3v) is 5.31. The normalized spacial score (nSPS) is 44.7. The Hall–Kier alpha value is -0.570. The first kappa shape index (κ1) is 11.5. The predicted molar refractivity (Wildman–Crippen MR) is 67.5 cm³/mol. The summed E-state index contributed by atoms with van der Waals surface area (Å²) in [6, 6.07) is 0.567. The van der Waals surface area contributed by atoms with Crippen molar-refractivity contribution < 1.29 is 4.79 Å². The number of carbonyl (C=O) groups excluding carboxylic acids is 1. The minimum Gasteiger partial charge on any atom is -0.358 e. The van der Waals surface area contributed by atoms with Crippen molar-refractivity contribution in [2.24, 2.45) is 23.7 Å². The van der Waals surface area contributed by atoms with Gasteiger partial charge in [-0.05, 0) is 62.7 Å². The van der Waals surface area contributed by atoms with Crippen LogP contribution in [-0.2, 0) is 4.79 Å². The van der Waals surface area contributed by atoms with E-state index in [0.717, 1.165) is 23.7 Å². The minimum atomic E-state index is -0.0393. The van der Waals surface area contributed by atoms with Crippen LogP contribution in [0.25, 0.3) is 0 Å². The van der Waals surface area contributed by atoms with Crippen LogP contribution in [0.1, 0.15) is 39.0 Å². The van der Waals surface area contributed by atoms with E-state index in [-0.39, 0.29) is 11.9 Å². The zero-order valence-electron chi connectivity index (χ0n) is 10.9. The van der Waals surface area contributed by atoms with Gasteiger partial charge in [0, 0.05) is 13.1 Å². The third kappa shape index (κ3) is 1.99. The quantitative estimate of drug-likeness (QED) is 0.780. The molecule has 0 spiro atoms. The van der Waals surface area contributed by atoms with Crippen LogP contribution in [0.15, 0.2) is 0 Å². The summed E-state index contributed by atoms with van der Waals surface area (Å²) in [6.07, 6.45) is 7.12. The molecule has 3 nitrogen and oxygen atoms in total. The number of rotatable bonds is 3. The van der Waals surface area contributed by atoms with Gasteiger partial charge in [0.15, 0.2) is 0 Å². The largest absolute Gasteiger partial charge is 0.358 e. The molecule has 0 aromatic carbocycles. The SMILES string of the molecule is CNC(=O)[C@@H](C)NC1C2CC3CC(C2)CC1C3. The highest BCUT2D eigenvalue weighted by Crippen LogP contribution is 2.53. The molecule has 0 aromatic rings. The zero-order valence-corrected chi connectivity index (χ0v) is 10.9. The molecule has 4 aliphatic rings. The van der Waals surface area contributed by atoms with E-state index < -0.39 is 0 Å². The first-order valence-electron chi connectivity index (χ1n) is 7.15. The lowest BCUT2D eigenvalue weighted by atomic mass is 9.54. The molecule has 0 aromatic heterocycles. The van der Waals surface area contributed by atoms with Gasteiger partial charge in [0.25, 0.3) is 0 Å². The Balaban J connectivity index is 1.66. The summed E-state index contributed by atoms with van der Waals surface area (Å²) in [7, 11) is 1.72. The Labute approximate surface area is 104 Å². The number of hydrogen-bond donors (Lipinski definition) is 2. The van der Waals surface area contributed by atoms with Crippen molar-refractivity contribution in [2.45, 2.75) is 51.1 Å². The fourth-order valence-corrected chi connectivity index (χ4v) is 4.78. The lowest BCUT2D eigenvalue weighted by molar-refractivity contribution is -0.123. The maximum atomic E-state index is 11.6. The van der Waals surface area contributed by atoms with E-state index in [0.29, 0.717) is 6.04 Å². The standard InChI is InChI=1S/C14H24N2O/c1-8(14(17)15-2)16-13-11-4-9-3-10(6-11)7-12(13)5-9/h8-13,16H,3-7H2,1-2H3,(H,15,17)/t8-,9?,10?,11?,12?,13?/m1/s1. The average molecular weight is 236 g/mol.